The topological polar surface area (TPSA) is 58.3 Å². The van der Waals surface area contributed by atoms with Crippen molar-refractivity contribution in [1.82, 2.24) is 25.0 Å². The molecule has 0 saturated carbocycles. The number of guanidine groups is 1. The highest BCUT2D eigenvalue weighted by Crippen LogP contribution is 2.43. The molecule has 1 fully saturated rings. The van der Waals surface area contributed by atoms with E-state index < -0.39 is 0 Å². The number of aryl methyl sites for hydroxylation is 1. The summed E-state index contributed by atoms with van der Waals surface area (Å²) in [6.45, 7) is 3.73. The van der Waals surface area contributed by atoms with E-state index in [1.165, 1.54) is 32.1 Å². The van der Waals surface area contributed by atoms with Gasteiger partial charge >= 0.3 is 0 Å². The van der Waals surface area contributed by atoms with Gasteiger partial charge in [-0.1, -0.05) is 24.3 Å². The number of hydrogen-bond acceptors (Lipinski definition) is 3. The van der Waals surface area contributed by atoms with Gasteiger partial charge < -0.3 is 10.2 Å². The average Bonchev–Trinajstić information content (AvgIpc) is 3.19. The highest BCUT2D eigenvalue weighted by molar-refractivity contribution is 14.0. The van der Waals surface area contributed by atoms with Gasteiger partial charge in [0.25, 0.3) is 0 Å². The van der Waals surface area contributed by atoms with Gasteiger partial charge in [-0.05, 0) is 43.2 Å². The molecular weight excluding hydrogens is 451 g/mol. The number of nitrogens with zero attached hydrogens (tertiary/aromatic N) is 5. The van der Waals surface area contributed by atoms with Crippen molar-refractivity contribution in [3.63, 3.8) is 0 Å². The summed E-state index contributed by atoms with van der Waals surface area (Å²) >= 11 is 0. The predicted molar refractivity (Wildman–Crippen MR) is 119 cm³/mol. The minimum atomic E-state index is 0. The standard InChI is InChI=1S/C20H28N6.HI/c1-21-19(23-11-13-26-16-22-15-24-26)25-12-5-10-20(14-25)9-4-7-17-6-2-3-8-18(17)20;/h2-3,6,8,15-16H,4-5,7,9-14H2,1H3,(H,21,23);1H. The summed E-state index contributed by atoms with van der Waals surface area (Å²) in [5, 5.41) is 7.67. The van der Waals surface area contributed by atoms with E-state index >= 15 is 0 Å². The lowest BCUT2D eigenvalue weighted by Gasteiger charge is -2.47. The second-order valence-electron chi connectivity index (χ2n) is 7.45. The third-order valence-electron chi connectivity index (χ3n) is 5.87. The molecule has 1 spiro atoms. The van der Waals surface area contributed by atoms with Crippen molar-refractivity contribution in [2.75, 3.05) is 26.7 Å². The molecule has 2 aromatic rings. The van der Waals surface area contributed by atoms with Gasteiger partial charge in [0.15, 0.2) is 5.96 Å². The average molecular weight is 480 g/mol. The quantitative estimate of drug-likeness (QED) is 0.417. The van der Waals surface area contributed by atoms with E-state index in [1.54, 1.807) is 23.8 Å². The maximum absolute atomic E-state index is 4.55. The predicted octanol–water partition coefficient (Wildman–Crippen LogP) is 2.84. The smallest absolute Gasteiger partial charge is 0.193 e. The minimum absolute atomic E-state index is 0. The van der Waals surface area contributed by atoms with E-state index in [2.05, 4.69) is 49.6 Å². The van der Waals surface area contributed by atoms with Gasteiger partial charge in [0.2, 0.25) is 0 Å². The van der Waals surface area contributed by atoms with Crippen molar-refractivity contribution in [1.29, 1.82) is 0 Å². The highest BCUT2D eigenvalue weighted by atomic mass is 127. The molecule has 1 aliphatic heterocycles. The van der Waals surface area contributed by atoms with E-state index in [0.717, 1.165) is 32.1 Å². The summed E-state index contributed by atoms with van der Waals surface area (Å²) in [7, 11) is 1.88. The van der Waals surface area contributed by atoms with Crippen LogP contribution in [0.1, 0.15) is 36.8 Å². The Kier molecular flexibility index (Phi) is 6.73. The number of likely N-dealkylation sites (tertiary alicyclic amines) is 1. The molecule has 7 heteroatoms. The monoisotopic (exact) mass is 480 g/mol. The molecule has 2 heterocycles. The van der Waals surface area contributed by atoms with Crippen LogP contribution in [0.15, 0.2) is 41.9 Å². The van der Waals surface area contributed by atoms with Crippen molar-refractivity contribution in [3.05, 3.63) is 48.0 Å². The molecule has 27 heavy (non-hydrogen) atoms. The number of aromatic nitrogens is 3. The van der Waals surface area contributed by atoms with Crippen LogP contribution in [-0.4, -0.2) is 52.3 Å². The third kappa shape index (κ3) is 4.28. The van der Waals surface area contributed by atoms with Crippen molar-refractivity contribution < 1.29 is 0 Å². The minimum Gasteiger partial charge on any atom is -0.354 e. The van der Waals surface area contributed by atoms with Gasteiger partial charge in [0, 0.05) is 32.1 Å². The largest absolute Gasteiger partial charge is 0.354 e. The first-order chi connectivity index (χ1) is 12.8. The van der Waals surface area contributed by atoms with E-state index in [0.29, 0.717) is 0 Å². The second kappa shape index (κ2) is 9.03. The van der Waals surface area contributed by atoms with Crippen molar-refractivity contribution in [2.45, 2.75) is 44.1 Å². The zero-order valence-corrected chi connectivity index (χ0v) is 18.3. The lowest BCUT2D eigenvalue weighted by Crippen LogP contribution is -2.53. The number of fused-ring (bicyclic) bond motifs is 2. The summed E-state index contributed by atoms with van der Waals surface area (Å²) < 4.78 is 1.84. The molecule has 0 bridgehead atoms. The number of hydrogen-bond donors (Lipinski definition) is 1. The Hall–Kier alpha value is -1.64. The molecule has 146 valence electrons. The van der Waals surface area contributed by atoms with E-state index in [1.807, 2.05) is 11.7 Å². The Morgan fingerprint density at radius 1 is 1.26 bits per heavy atom. The van der Waals surface area contributed by atoms with Gasteiger partial charge in [0.1, 0.15) is 12.7 Å². The molecule has 1 aliphatic carbocycles. The van der Waals surface area contributed by atoms with Crippen LogP contribution < -0.4 is 5.32 Å². The molecule has 0 amide bonds. The maximum Gasteiger partial charge on any atom is 0.193 e. The van der Waals surface area contributed by atoms with Crippen LogP contribution >= 0.6 is 24.0 Å². The van der Waals surface area contributed by atoms with E-state index in [9.17, 15) is 0 Å². The highest BCUT2D eigenvalue weighted by Gasteiger charge is 2.40. The summed E-state index contributed by atoms with van der Waals surface area (Å²) in [5.41, 5.74) is 3.42. The second-order valence-corrected chi connectivity index (χ2v) is 7.45. The van der Waals surface area contributed by atoms with Crippen LogP contribution in [0.3, 0.4) is 0 Å². The fourth-order valence-electron chi connectivity index (χ4n) is 4.71. The Balaban J connectivity index is 0.00000210. The molecular formula is C20H29IN6. The van der Waals surface area contributed by atoms with Gasteiger partial charge in [-0.3, -0.25) is 9.67 Å². The van der Waals surface area contributed by atoms with Crippen molar-refractivity contribution in [3.8, 4) is 0 Å². The van der Waals surface area contributed by atoms with Crippen LogP contribution in [0.25, 0.3) is 0 Å². The lowest BCUT2D eigenvalue weighted by molar-refractivity contribution is 0.188. The number of nitrogens with one attached hydrogen (secondary N) is 1. The Labute approximate surface area is 178 Å². The Bertz CT molecular complexity index is 760. The Morgan fingerprint density at radius 2 is 2.11 bits per heavy atom. The van der Waals surface area contributed by atoms with Gasteiger partial charge in [-0.25, -0.2) is 4.98 Å². The van der Waals surface area contributed by atoms with E-state index in [-0.39, 0.29) is 29.4 Å². The molecule has 1 N–H and O–H groups in total. The number of halogens is 1. The first-order valence-electron chi connectivity index (χ1n) is 9.67. The normalized spacial score (nSPS) is 22.3. The van der Waals surface area contributed by atoms with Crippen LogP contribution in [-0.2, 0) is 18.4 Å². The first kappa shape index (κ1) is 20.1. The number of benzene rings is 1. The summed E-state index contributed by atoms with van der Waals surface area (Å²) in [5.74, 6) is 1.01. The molecule has 1 aromatic heterocycles. The van der Waals surface area contributed by atoms with Crippen LogP contribution in [0.5, 0.6) is 0 Å². The SMILES string of the molecule is CN=C(NCCn1cncn1)N1CCCC2(CCCc3ccccc32)C1.I. The molecule has 1 saturated heterocycles. The molecule has 1 unspecified atom stereocenters. The molecule has 1 aromatic carbocycles. The molecule has 2 aliphatic rings. The number of rotatable bonds is 3. The van der Waals surface area contributed by atoms with Gasteiger partial charge in [0.05, 0.1) is 6.54 Å². The zero-order valence-electron chi connectivity index (χ0n) is 16.0. The molecule has 0 radical (unpaired) electrons. The molecule has 1 atom stereocenters. The maximum atomic E-state index is 4.55. The van der Waals surface area contributed by atoms with Gasteiger partial charge in [-0.2, -0.15) is 5.10 Å². The number of piperidine rings is 1. The summed E-state index contributed by atoms with van der Waals surface area (Å²) in [6, 6.07) is 9.07. The van der Waals surface area contributed by atoms with Crippen LogP contribution in [0.4, 0.5) is 0 Å². The van der Waals surface area contributed by atoms with Crippen molar-refractivity contribution >= 4 is 29.9 Å². The fraction of sp³-hybridized carbons (Fsp3) is 0.550. The van der Waals surface area contributed by atoms with Crippen LogP contribution in [0, 0.1) is 0 Å². The third-order valence-corrected chi connectivity index (χ3v) is 5.87. The summed E-state index contributed by atoms with van der Waals surface area (Å²) in [6.07, 6.45) is 9.64. The molecule has 6 nitrogen and oxygen atoms in total. The van der Waals surface area contributed by atoms with Crippen molar-refractivity contribution in [2.24, 2.45) is 4.99 Å². The zero-order chi connectivity index (χ0) is 17.8. The van der Waals surface area contributed by atoms with Crippen LogP contribution in [0.2, 0.25) is 0 Å². The van der Waals surface area contributed by atoms with Gasteiger partial charge in [-0.15, -0.1) is 24.0 Å². The number of aliphatic imine (C=N–C) groups is 1. The lowest BCUT2D eigenvalue weighted by atomic mass is 9.66. The fourth-order valence-corrected chi connectivity index (χ4v) is 4.71. The first-order valence-corrected chi connectivity index (χ1v) is 9.67. The van der Waals surface area contributed by atoms with E-state index in [4.69, 9.17) is 0 Å². The summed E-state index contributed by atoms with van der Waals surface area (Å²) in [4.78, 5) is 11.0. The molecule has 4 rings (SSSR count). The Morgan fingerprint density at radius 3 is 2.93 bits per heavy atom.